The Morgan fingerprint density at radius 1 is 0.833 bits per heavy atom. The molecule has 0 aliphatic rings. The van der Waals surface area contributed by atoms with Gasteiger partial charge in [-0.2, -0.15) is 0 Å². The van der Waals surface area contributed by atoms with Gasteiger partial charge < -0.3 is 19.7 Å². The summed E-state index contributed by atoms with van der Waals surface area (Å²) >= 11 is 9.53. The van der Waals surface area contributed by atoms with Crippen molar-refractivity contribution in [3.05, 3.63) is 59.7 Å². The minimum absolute atomic E-state index is 0.00662. The first-order valence-corrected chi connectivity index (χ1v) is 9.69. The highest BCUT2D eigenvalue weighted by molar-refractivity contribution is 6.40. The molecule has 0 saturated carbocycles. The van der Waals surface area contributed by atoms with Gasteiger partial charge in [-0.05, 0) is 47.5 Å². The molecule has 2 N–H and O–H groups in total. The number of allylic oxidation sites excluding steroid dienone is 2. The smallest absolute Gasteiger partial charge is 0.163 e. The molecule has 0 aliphatic carbocycles. The third-order valence-corrected chi connectivity index (χ3v) is 3.68. The van der Waals surface area contributed by atoms with E-state index >= 15 is 0 Å². The highest BCUT2D eigenvalue weighted by atomic mass is 35.5. The molecule has 0 radical (unpaired) electrons. The van der Waals surface area contributed by atoms with E-state index in [0.717, 1.165) is 0 Å². The maximum atomic E-state index is 11.9. The van der Waals surface area contributed by atoms with Crippen molar-refractivity contribution in [1.29, 1.82) is 0 Å². The molecule has 160 valence electrons. The van der Waals surface area contributed by atoms with E-state index in [9.17, 15) is 19.8 Å². The molecule has 2 aromatic rings. The quantitative estimate of drug-likeness (QED) is 0.339. The first-order valence-electron chi connectivity index (χ1n) is 8.62. The van der Waals surface area contributed by atoms with E-state index in [0.29, 0.717) is 22.6 Å². The zero-order valence-corrected chi connectivity index (χ0v) is 18.0. The van der Waals surface area contributed by atoms with Crippen molar-refractivity contribution in [1.82, 2.24) is 0 Å². The highest BCUT2D eigenvalue weighted by Gasteiger charge is 2.06. The molecular weight excluding hydrogens is 431 g/mol. The third-order valence-electron chi connectivity index (χ3n) is 3.68. The van der Waals surface area contributed by atoms with Gasteiger partial charge in [-0.3, -0.25) is 9.59 Å². The summed E-state index contributed by atoms with van der Waals surface area (Å²) in [5.74, 6) is -0.0832. The molecule has 30 heavy (non-hydrogen) atoms. The fourth-order valence-corrected chi connectivity index (χ4v) is 2.26. The zero-order valence-electron chi connectivity index (χ0n) is 16.5. The van der Waals surface area contributed by atoms with Crippen LogP contribution in [0.3, 0.4) is 0 Å². The number of ether oxygens (including phenoxy) is 2. The van der Waals surface area contributed by atoms with Gasteiger partial charge in [0.15, 0.2) is 34.6 Å². The van der Waals surface area contributed by atoms with Gasteiger partial charge in [0, 0.05) is 0 Å². The second-order valence-corrected chi connectivity index (χ2v) is 6.55. The molecule has 0 aromatic heterocycles. The third kappa shape index (κ3) is 8.59. The number of ketones is 2. The van der Waals surface area contributed by atoms with Crippen LogP contribution in [0.4, 0.5) is 0 Å². The minimum Gasteiger partial charge on any atom is -0.504 e. The fraction of sp³-hybridized carbons (Fsp3) is 0.182. The first-order chi connectivity index (χ1) is 14.3. The molecule has 8 heteroatoms. The van der Waals surface area contributed by atoms with Crippen LogP contribution in [-0.2, 0) is 9.59 Å². The molecule has 0 amide bonds. The molecule has 0 fully saturated rings. The standard InChI is InChI=1S/C21H20O6.CH2Cl2/c1-26-20-11-14(5-9-18(20)24)3-7-16(22)13-17(23)8-4-15-6-10-19(25)21(12-15)27-2;2-1-3/h3-12,24-25H,13H2,1-2H3;1H2/b7-3+,8-4+;. The first kappa shape index (κ1) is 25.1. The number of phenolic OH excluding ortho intramolecular Hbond substituents is 2. The Balaban J connectivity index is 0.00000141. The summed E-state index contributed by atoms with van der Waals surface area (Å²) in [6.07, 6.45) is 5.44. The fourth-order valence-electron chi connectivity index (χ4n) is 2.26. The van der Waals surface area contributed by atoms with Gasteiger partial charge in [-0.15, -0.1) is 23.2 Å². The number of carbonyl (C=O) groups excluding carboxylic acids is 2. The molecule has 2 aromatic carbocycles. The predicted octanol–water partition coefficient (Wildman–Crippen LogP) is 4.79. The van der Waals surface area contributed by atoms with Gasteiger partial charge >= 0.3 is 0 Å². The largest absolute Gasteiger partial charge is 0.504 e. The molecule has 6 nitrogen and oxygen atoms in total. The average molecular weight is 453 g/mol. The number of hydrogen-bond acceptors (Lipinski definition) is 6. The van der Waals surface area contributed by atoms with Gasteiger partial charge in [0.05, 0.1) is 26.0 Å². The van der Waals surface area contributed by atoms with Crippen molar-refractivity contribution in [2.24, 2.45) is 0 Å². The lowest BCUT2D eigenvalue weighted by Gasteiger charge is -2.03. The normalized spacial score (nSPS) is 10.5. The zero-order chi connectivity index (χ0) is 22.5. The minimum atomic E-state index is -0.347. The van der Waals surface area contributed by atoms with E-state index < -0.39 is 0 Å². The number of benzene rings is 2. The van der Waals surface area contributed by atoms with Gasteiger partial charge in [0.1, 0.15) is 0 Å². The van der Waals surface area contributed by atoms with Crippen LogP contribution >= 0.6 is 23.2 Å². The van der Waals surface area contributed by atoms with Crippen molar-refractivity contribution in [2.75, 3.05) is 19.6 Å². The van der Waals surface area contributed by atoms with Crippen molar-refractivity contribution < 1.29 is 29.3 Å². The summed E-state index contributed by atoms with van der Waals surface area (Å²) in [6, 6.07) is 9.34. The van der Waals surface area contributed by atoms with Gasteiger partial charge in [-0.1, -0.05) is 24.3 Å². The van der Waals surface area contributed by atoms with Crippen LogP contribution in [0.5, 0.6) is 23.0 Å². The number of alkyl halides is 2. The molecule has 0 bridgehead atoms. The number of halogens is 2. The second kappa shape index (κ2) is 13.3. The number of methoxy groups -OCH3 is 2. The van der Waals surface area contributed by atoms with E-state index in [1.54, 1.807) is 36.4 Å². The number of hydrogen-bond donors (Lipinski definition) is 2. The lowest BCUT2D eigenvalue weighted by atomic mass is 10.1. The maximum Gasteiger partial charge on any atom is 0.163 e. The number of phenols is 2. The lowest BCUT2D eigenvalue weighted by Crippen LogP contribution is -2.01. The topological polar surface area (TPSA) is 93.1 Å². The van der Waals surface area contributed by atoms with E-state index in [4.69, 9.17) is 32.7 Å². The van der Waals surface area contributed by atoms with Gasteiger partial charge in [0.25, 0.3) is 0 Å². The Morgan fingerprint density at radius 2 is 1.20 bits per heavy atom. The van der Waals surface area contributed by atoms with Crippen molar-refractivity contribution >= 4 is 46.9 Å². The molecule has 0 heterocycles. The summed E-state index contributed by atoms with van der Waals surface area (Å²) in [7, 11) is 2.87. The summed E-state index contributed by atoms with van der Waals surface area (Å²) in [5, 5.41) is 19.3. The SMILES string of the molecule is COc1cc(/C=C/C(=O)CC(=O)/C=C/c2ccc(O)c(OC)c2)ccc1O.ClCCl. The van der Waals surface area contributed by atoms with E-state index in [-0.39, 0.29) is 34.8 Å². The molecule has 0 unspecified atom stereocenters. The molecule has 2 rings (SSSR count). The highest BCUT2D eigenvalue weighted by Crippen LogP contribution is 2.27. The number of aromatic hydroxyl groups is 2. The molecule has 0 atom stereocenters. The van der Waals surface area contributed by atoms with E-state index in [1.165, 1.54) is 38.5 Å². The summed E-state index contributed by atoms with van der Waals surface area (Å²) < 4.78 is 10.00. The van der Waals surface area contributed by atoms with Crippen molar-refractivity contribution in [2.45, 2.75) is 6.42 Å². The van der Waals surface area contributed by atoms with Crippen LogP contribution in [0.2, 0.25) is 0 Å². The maximum absolute atomic E-state index is 11.9. The molecule has 0 saturated heterocycles. The van der Waals surface area contributed by atoms with Crippen LogP contribution in [0.1, 0.15) is 17.5 Å². The van der Waals surface area contributed by atoms with Crippen molar-refractivity contribution in [3.63, 3.8) is 0 Å². The summed E-state index contributed by atoms with van der Waals surface area (Å²) in [5.41, 5.74) is 1.33. The number of carbonyl (C=O) groups is 2. The molecule has 0 spiro atoms. The molecular formula is C22H22Cl2O6. The van der Waals surface area contributed by atoms with Crippen LogP contribution < -0.4 is 9.47 Å². The lowest BCUT2D eigenvalue weighted by molar-refractivity contribution is -0.121. The predicted molar refractivity (Wildman–Crippen MR) is 119 cm³/mol. The Morgan fingerprint density at radius 3 is 1.53 bits per heavy atom. The van der Waals surface area contributed by atoms with Crippen LogP contribution in [0, 0.1) is 0 Å². The van der Waals surface area contributed by atoms with Gasteiger partial charge in [-0.25, -0.2) is 0 Å². The van der Waals surface area contributed by atoms with Gasteiger partial charge in [0.2, 0.25) is 0 Å². The van der Waals surface area contributed by atoms with E-state index in [1.807, 2.05) is 0 Å². The Labute approximate surface area is 185 Å². The summed E-state index contributed by atoms with van der Waals surface area (Å²) in [6.45, 7) is 0. The Kier molecular flexibility index (Phi) is 11.1. The van der Waals surface area contributed by atoms with Crippen molar-refractivity contribution in [3.8, 4) is 23.0 Å². The molecule has 0 aliphatic heterocycles. The van der Waals surface area contributed by atoms with Crippen LogP contribution in [0.25, 0.3) is 12.2 Å². The monoisotopic (exact) mass is 452 g/mol. The average Bonchev–Trinajstić information content (AvgIpc) is 2.73. The van der Waals surface area contributed by atoms with Crippen LogP contribution in [0.15, 0.2) is 48.6 Å². The summed E-state index contributed by atoms with van der Waals surface area (Å²) in [4.78, 5) is 23.9. The van der Waals surface area contributed by atoms with Crippen LogP contribution in [-0.4, -0.2) is 41.3 Å². The number of rotatable bonds is 8. The second-order valence-electron chi connectivity index (χ2n) is 5.74. The Bertz CT molecular complexity index is 848. The Hall–Kier alpha value is -2.96. The van der Waals surface area contributed by atoms with E-state index in [2.05, 4.69) is 0 Å².